The number of imidazole rings is 1. The smallest absolute Gasteiger partial charge is 0.332 e. The van der Waals surface area contributed by atoms with Gasteiger partial charge in [-0.3, -0.25) is 38.5 Å². The van der Waals surface area contributed by atoms with E-state index in [9.17, 15) is 29.1 Å². The summed E-state index contributed by atoms with van der Waals surface area (Å²) in [6, 6.07) is 24.2. The molecule has 8 rings (SSSR count). The van der Waals surface area contributed by atoms with Crippen LogP contribution >= 0.6 is 0 Å². The van der Waals surface area contributed by atoms with Gasteiger partial charge in [-0.05, 0) is 28.3 Å². The summed E-state index contributed by atoms with van der Waals surface area (Å²) in [6.45, 7) is -0.106. The van der Waals surface area contributed by atoms with Gasteiger partial charge in [0.15, 0.2) is 11.2 Å². The molecule has 0 radical (unpaired) electrons. The van der Waals surface area contributed by atoms with Crippen LogP contribution in [0.2, 0.25) is 0 Å². The third-order valence-corrected chi connectivity index (χ3v) is 10.6. The number of aromatic nitrogens is 5. The number of fused-ring (bicyclic) bond motifs is 3. The first kappa shape index (κ1) is 32.8. The monoisotopic (exact) mass is 697 g/mol. The third kappa shape index (κ3) is 5.11. The highest BCUT2D eigenvalue weighted by Gasteiger charge is 2.68. The molecule has 0 saturated carbocycles. The van der Waals surface area contributed by atoms with Gasteiger partial charge in [0, 0.05) is 56.7 Å². The van der Waals surface area contributed by atoms with E-state index >= 15 is 0 Å². The van der Waals surface area contributed by atoms with Crippen LogP contribution in [0, 0.1) is 11.8 Å². The predicted molar refractivity (Wildman–Crippen MR) is 194 cm³/mol. The number of imide groups is 1. The first-order valence-electron chi connectivity index (χ1n) is 16.9. The number of amides is 2. The van der Waals surface area contributed by atoms with Crippen LogP contribution in [-0.2, 0) is 41.4 Å². The number of carbonyl (C=O) groups is 3. The zero-order chi connectivity index (χ0) is 36.3. The summed E-state index contributed by atoms with van der Waals surface area (Å²) < 4.78 is 3.75. The van der Waals surface area contributed by atoms with Gasteiger partial charge in [0.05, 0.1) is 18.2 Å². The second-order valence-electron chi connectivity index (χ2n) is 13.5. The first-order chi connectivity index (χ1) is 25.1. The third-order valence-electron chi connectivity index (χ3n) is 10.6. The van der Waals surface area contributed by atoms with Crippen molar-refractivity contribution in [3.8, 4) is 0 Å². The lowest BCUT2D eigenvalue weighted by Gasteiger charge is -2.31. The van der Waals surface area contributed by atoms with Crippen LogP contribution in [0.1, 0.15) is 28.3 Å². The standard InChI is InChI=1S/C39H35N7O6/c1-43-33-32(36(49)44(2)38(43)52)45(22-41-33)18-19-46-34(47)29-30(35(46)48)39(37(50)51,20-26-21-40-28-11-7-6-10-27(26)28)42-31(29)25-16-14-24(15-17-25)13-12-23-8-4-3-5-9-23/h3-17,21-22,29-31,40,42H,18-20H2,1-2H3,(H,50,51). The number of likely N-dealkylation sites (tertiary alicyclic amines) is 1. The lowest BCUT2D eigenvalue weighted by Crippen LogP contribution is -2.57. The second kappa shape index (κ2) is 12.5. The highest BCUT2D eigenvalue weighted by atomic mass is 16.4. The van der Waals surface area contributed by atoms with Crippen LogP contribution in [-0.4, -0.2) is 63.5 Å². The average Bonchev–Trinajstić information content (AvgIpc) is 3.92. The van der Waals surface area contributed by atoms with Gasteiger partial charge in [-0.15, -0.1) is 0 Å². The number of hydrogen-bond acceptors (Lipinski definition) is 7. The Morgan fingerprint density at radius 2 is 1.56 bits per heavy atom. The Kier molecular flexibility index (Phi) is 7.87. The van der Waals surface area contributed by atoms with Gasteiger partial charge in [-0.25, -0.2) is 9.78 Å². The molecule has 3 aromatic carbocycles. The zero-order valence-corrected chi connectivity index (χ0v) is 28.4. The number of aryl methyl sites for hydroxylation is 1. The topological polar surface area (TPSA) is 164 Å². The molecular formula is C39H35N7O6. The fourth-order valence-corrected chi connectivity index (χ4v) is 7.93. The van der Waals surface area contributed by atoms with Crippen LogP contribution in [0.4, 0.5) is 0 Å². The first-order valence-corrected chi connectivity index (χ1v) is 16.9. The highest BCUT2D eigenvalue weighted by Crippen LogP contribution is 2.50. The predicted octanol–water partition coefficient (Wildman–Crippen LogP) is 3.10. The minimum absolute atomic E-state index is 0.0178. The molecule has 2 aliphatic rings. The number of carboxylic acid groups (broad SMARTS) is 1. The maximum absolute atomic E-state index is 14.5. The van der Waals surface area contributed by atoms with Gasteiger partial charge < -0.3 is 14.7 Å². The number of para-hydroxylation sites is 1. The Balaban J connectivity index is 1.16. The molecule has 6 aromatic rings. The maximum atomic E-state index is 14.5. The average molecular weight is 698 g/mol. The normalized spacial score (nSPS) is 21.6. The Labute approximate surface area is 296 Å². The molecule has 2 amide bonds. The van der Waals surface area contributed by atoms with Crippen molar-refractivity contribution in [3.63, 3.8) is 0 Å². The molecule has 13 heteroatoms. The molecule has 4 unspecified atom stereocenters. The Bertz CT molecular complexity index is 2550. The van der Waals surface area contributed by atoms with Gasteiger partial charge in [0.25, 0.3) is 5.56 Å². The molecule has 0 bridgehead atoms. The number of nitrogens with zero attached hydrogens (tertiary/aromatic N) is 5. The number of rotatable bonds is 9. The van der Waals surface area contributed by atoms with E-state index in [4.69, 9.17) is 0 Å². The number of H-pyrrole nitrogens is 1. The van der Waals surface area contributed by atoms with Crippen LogP contribution in [0.15, 0.2) is 101 Å². The van der Waals surface area contributed by atoms with Crippen molar-refractivity contribution >= 4 is 52.0 Å². The van der Waals surface area contributed by atoms with Crippen LogP contribution in [0.25, 0.3) is 34.2 Å². The molecule has 3 N–H and O–H groups in total. The molecule has 4 atom stereocenters. The van der Waals surface area contributed by atoms with Gasteiger partial charge >= 0.3 is 11.7 Å². The number of carboxylic acids is 1. The Morgan fingerprint density at radius 3 is 2.29 bits per heavy atom. The molecule has 262 valence electrons. The van der Waals surface area contributed by atoms with Gasteiger partial charge in [-0.2, -0.15) is 0 Å². The van der Waals surface area contributed by atoms with Crippen LogP contribution < -0.4 is 16.6 Å². The molecule has 13 nitrogen and oxygen atoms in total. The molecule has 2 saturated heterocycles. The summed E-state index contributed by atoms with van der Waals surface area (Å²) in [4.78, 5) is 76.5. The molecule has 2 aliphatic heterocycles. The summed E-state index contributed by atoms with van der Waals surface area (Å²) in [5, 5.41) is 15.2. The maximum Gasteiger partial charge on any atom is 0.332 e. The van der Waals surface area contributed by atoms with Crippen molar-refractivity contribution in [3.05, 3.63) is 134 Å². The number of hydrogen-bond donors (Lipinski definition) is 3. The van der Waals surface area contributed by atoms with E-state index in [2.05, 4.69) is 15.3 Å². The SMILES string of the molecule is Cn1c(=O)c2c(ncn2CCN2C(=O)C3C(c4ccc(C=Cc5ccccc5)cc4)NC(Cc4c[nH]c5ccccc45)(C(=O)O)C3C2=O)n(C)c1=O. The van der Waals surface area contributed by atoms with Gasteiger partial charge in [0.2, 0.25) is 11.8 Å². The van der Waals surface area contributed by atoms with E-state index in [1.807, 2.05) is 91.0 Å². The lowest BCUT2D eigenvalue weighted by atomic mass is 9.76. The van der Waals surface area contributed by atoms with E-state index in [1.165, 1.54) is 29.6 Å². The Morgan fingerprint density at radius 1 is 0.865 bits per heavy atom. The molecule has 0 spiro atoms. The quantitative estimate of drug-likeness (QED) is 0.153. The lowest BCUT2D eigenvalue weighted by molar-refractivity contribution is -0.151. The molecule has 0 aliphatic carbocycles. The number of aromatic amines is 1. The molecule has 5 heterocycles. The van der Waals surface area contributed by atoms with Crippen molar-refractivity contribution in [1.29, 1.82) is 0 Å². The van der Waals surface area contributed by atoms with Crippen molar-refractivity contribution in [2.24, 2.45) is 25.9 Å². The second-order valence-corrected chi connectivity index (χ2v) is 13.5. The molecule has 3 aromatic heterocycles. The fraction of sp³-hybridized carbons (Fsp3) is 0.231. The van der Waals surface area contributed by atoms with E-state index < -0.39 is 52.4 Å². The minimum atomic E-state index is -1.82. The van der Waals surface area contributed by atoms with Gasteiger partial charge in [-0.1, -0.05) is 84.9 Å². The van der Waals surface area contributed by atoms with Crippen LogP contribution in [0.3, 0.4) is 0 Å². The van der Waals surface area contributed by atoms with Crippen molar-refractivity contribution < 1.29 is 19.5 Å². The van der Waals surface area contributed by atoms with E-state index in [-0.39, 0.29) is 30.7 Å². The summed E-state index contributed by atoms with van der Waals surface area (Å²) in [5.74, 6) is -4.55. The van der Waals surface area contributed by atoms with E-state index in [0.717, 1.165) is 31.5 Å². The fourth-order valence-electron chi connectivity index (χ4n) is 7.93. The zero-order valence-electron chi connectivity index (χ0n) is 28.4. The number of carbonyl (C=O) groups excluding carboxylic acids is 2. The summed E-state index contributed by atoms with van der Waals surface area (Å²) >= 11 is 0. The molecule has 52 heavy (non-hydrogen) atoms. The summed E-state index contributed by atoms with van der Waals surface area (Å²) in [6.07, 6.45) is 7.06. The summed E-state index contributed by atoms with van der Waals surface area (Å²) in [7, 11) is 2.88. The number of aliphatic carboxylic acids is 1. The van der Waals surface area contributed by atoms with Crippen molar-refractivity contribution in [2.75, 3.05) is 6.54 Å². The Hall–Kier alpha value is -6.34. The summed E-state index contributed by atoms with van der Waals surface area (Å²) in [5.41, 5.74) is 1.61. The van der Waals surface area contributed by atoms with Crippen LogP contribution in [0.5, 0.6) is 0 Å². The van der Waals surface area contributed by atoms with Gasteiger partial charge in [0.1, 0.15) is 5.54 Å². The largest absolute Gasteiger partial charge is 0.480 e. The number of nitrogens with one attached hydrogen (secondary N) is 2. The van der Waals surface area contributed by atoms with Crippen molar-refractivity contribution in [2.45, 2.75) is 24.5 Å². The molecular weight excluding hydrogens is 662 g/mol. The van der Waals surface area contributed by atoms with Crippen molar-refractivity contribution in [1.82, 2.24) is 33.9 Å². The number of benzene rings is 3. The molecule has 2 fully saturated rings. The van der Waals surface area contributed by atoms with E-state index in [0.29, 0.717) is 11.1 Å². The van der Waals surface area contributed by atoms with E-state index in [1.54, 1.807) is 6.20 Å². The highest BCUT2D eigenvalue weighted by molar-refractivity contribution is 6.09. The minimum Gasteiger partial charge on any atom is -0.480 e.